The second-order valence-corrected chi connectivity index (χ2v) is 7.22. The van der Waals surface area contributed by atoms with Crippen molar-refractivity contribution < 1.29 is 23.9 Å². The Bertz CT molecular complexity index is 963. The van der Waals surface area contributed by atoms with Gasteiger partial charge in [0.05, 0.1) is 19.2 Å². The molecule has 7 nitrogen and oxygen atoms in total. The SMILES string of the molecule is COc1cccc(C(=O)NCC(=O)N2CCC3(CC2)OC(=O)c2ccccc23)c1. The lowest BCUT2D eigenvalue weighted by Crippen LogP contribution is -2.48. The van der Waals surface area contributed by atoms with E-state index in [1.165, 1.54) is 7.11 Å². The number of hydrogen-bond donors (Lipinski definition) is 1. The Morgan fingerprint density at radius 2 is 1.90 bits per heavy atom. The number of nitrogens with zero attached hydrogens (tertiary/aromatic N) is 1. The first kappa shape index (κ1) is 19.0. The first-order valence-electron chi connectivity index (χ1n) is 9.55. The van der Waals surface area contributed by atoms with E-state index >= 15 is 0 Å². The van der Waals surface area contributed by atoms with Gasteiger partial charge in [0.1, 0.15) is 11.4 Å². The highest BCUT2D eigenvalue weighted by Crippen LogP contribution is 2.43. The van der Waals surface area contributed by atoms with E-state index < -0.39 is 5.60 Å². The van der Waals surface area contributed by atoms with Crippen LogP contribution in [0.25, 0.3) is 0 Å². The predicted molar refractivity (Wildman–Crippen MR) is 105 cm³/mol. The second kappa shape index (κ2) is 7.58. The lowest BCUT2D eigenvalue weighted by atomic mass is 9.84. The fourth-order valence-electron chi connectivity index (χ4n) is 3.97. The van der Waals surface area contributed by atoms with E-state index in [2.05, 4.69) is 5.32 Å². The number of methoxy groups -OCH3 is 1. The summed E-state index contributed by atoms with van der Waals surface area (Å²) in [5.41, 5.74) is 1.30. The number of carbonyl (C=O) groups is 3. The summed E-state index contributed by atoms with van der Waals surface area (Å²) < 4.78 is 10.8. The van der Waals surface area contributed by atoms with E-state index in [9.17, 15) is 14.4 Å². The minimum Gasteiger partial charge on any atom is -0.497 e. The maximum atomic E-state index is 12.5. The molecule has 0 unspecified atom stereocenters. The third-order valence-electron chi connectivity index (χ3n) is 5.58. The van der Waals surface area contributed by atoms with E-state index in [1.54, 1.807) is 35.2 Å². The third kappa shape index (κ3) is 3.55. The van der Waals surface area contributed by atoms with Gasteiger partial charge in [0, 0.05) is 37.1 Å². The Labute approximate surface area is 168 Å². The first-order valence-corrected chi connectivity index (χ1v) is 9.55. The number of fused-ring (bicyclic) bond motifs is 2. The summed E-state index contributed by atoms with van der Waals surface area (Å²) in [6.07, 6.45) is 1.09. The molecule has 0 atom stereocenters. The minimum absolute atomic E-state index is 0.0839. The number of ether oxygens (including phenoxy) is 2. The molecule has 0 bridgehead atoms. The van der Waals surface area contributed by atoms with Crippen LogP contribution in [0, 0.1) is 0 Å². The van der Waals surface area contributed by atoms with Gasteiger partial charge in [-0.1, -0.05) is 24.3 Å². The molecule has 7 heteroatoms. The number of amides is 2. The van der Waals surface area contributed by atoms with Gasteiger partial charge in [-0.2, -0.15) is 0 Å². The van der Waals surface area contributed by atoms with Gasteiger partial charge in [0.25, 0.3) is 5.91 Å². The molecule has 2 aliphatic rings. The first-order chi connectivity index (χ1) is 14.0. The zero-order valence-electron chi connectivity index (χ0n) is 16.1. The molecule has 1 saturated heterocycles. The molecule has 2 aromatic rings. The molecule has 29 heavy (non-hydrogen) atoms. The maximum Gasteiger partial charge on any atom is 0.339 e. The van der Waals surface area contributed by atoms with Crippen LogP contribution in [0.2, 0.25) is 0 Å². The zero-order valence-corrected chi connectivity index (χ0v) is 16.1. The quantitative estimate of drug-likeness (QED) is 0.803. The number of carbonyl (C=O) groups excluding carboxylic acids is 3. The number of nitrogens with one attached hydrogen (secondary N) is 1. The van der Waals surface area contributed by atoms with Crippen molar-refractivity contribution in [2.75, 3.05) is 26.7 Å². The van der Waals surface area contributed by atoms with Crippen LogP contribution in [-0.2, 0) is 15.1 Å². The molecule has 1 spiro atoms. The van der Waals surface area contributed by atoms with Gasteiger partial charge < -0.3 is 19.7 Å². The van der Waals surface area contributed by atoms with Crippen LogP contribution >= 0.6 is 0 Å². The summed E-state index contributed by atoms with van der Waals surface area (Å²) in [6.45, 7) is 0.852. The van der Waals surface area contributed by atoms with E-state index in [0.29, 0.717) is 42.8 Å². The zero-order chi connectivity index (χ0) is 20.4. The molecule has 1 N–H and O–H groups in total. The average Bonchev–Trinajstić information content (AvgIpc) is 3.04. The van der Waals surface area contributed by atoms with Gasteiger partial charge in [-0.3, -0.25) is 9.59 Å². The molecule has 150 valence electrons. The topological polar surface area (TPSA) is 84.9 Å². The van der Waals surface area contributed by atoms with E-state index in [1.807, 2.05) is 18.2 Å². The molecule has 0 saturated carbocycles. The highest BCUT2D eigenvalue weighted by Gasteiger charge is 2.47. The van der Waals surface area contributed by atoms with E-state index in [0.717, 1.165) is 5.56 Å². The smallest absolute Gasteiger partial charge is 0.339 e. The van der Waals surface area contributed by atoms with E-state index in [4.69, 9.17) is 9.47 Å². The van der Waals surface area contributed by atoms with Crippen molar-refractivity contribution in [2.24, 2.45) is 0 Å². The van der Waals surface area contributed by atoms with Gasteiger partial charge in [0.15, 0.2) is 0 Å². The van der Waals surface area contributed by atoms with Crippen LogP contribution in [0.15, 0.2) is 48.5 Å². The molecule has 4 rings (SSSR count). The average molecular weight is 394 g/mol. The Morgan fingerprint density at radius 3 is 2.66 bits per heavy atom. The summed E-state index contributed by atoms with van der Waals surface area (Å²) >= 11 is 0. The van der Waals surface area contributed by atoms with Crippen LogP contribution in [0.3, 0.4) is 0 Å². The number of benzene rings is 2. The number of esters is 1. The van der Waals surface area contributed by atoms with Crippen molar-refractivity contribution in [3.8, 4) is 5.75 Å². The number of rotatable bonds is 4. The Hall–Kier alpha value is -3.35. The Morgan fingerprint density at radius 1 is 1.14 bits per heavy atom. The van der Waals surface area contributed by atoms with Crippen molar-refractivity contribution in [2.45, 2.75) is 18.4 Å². The molecule has 0 aliphatic carbocycles. The van der Waals surface area contributed by atoms with Crippen LogP contribution in [0.5, 0.6) is 5.75 Å². The molecule has 2 amide bonds. The van der Waals surface area contributed by atoms with Gasteiger partial charge >= 0.3 is 5.97 Å². The predicted octanol–water partition coefficient (Wildman–Crippen LogP) is 2.11. The van der Waals surface area contributed by atoms with Crippen molar-refractivity contribution in [1.29, 1.82) is 0 Å². The Balaban J connectivity index is 1.34. The van der Waals surface area contributed by atoms with Gasteiger partial charge in [-0.25, -0.2) is 4.79 Å². The van der Waals surface area contributed by atoms with Crippen molar-refractivity contribution in [1.82, 2.24) is 10.2 Å². The molecule has 0 aromatic heterocycles. The minimum atomic E-state index is -0.645. The van der Waals surface area contributed by atoms with Crippen LogP contribution < -0.4 is 10.1 Å². The molecule has 0 radical (unpaired) electrons. The normalized spacial score (nSPS) is 16.9. The number of likely N-dealkylation sites (tertiary alicyclic amines) is 1. The monoisotopic (exact) mass is 394 g/mol. The fourth-order valence-corrected chi connectivity index (χ4v) is 3.97. The summed E-state index contributed by atoms with van der Waals surface area (Å²) in [4.78, 5) is 38.7. The molecular formula is C22H22N2O5. The van der Waals surface area contributed by atoms with Crippen LogP contribution in [0.4, 0.5) is 0 Å². The second-order valence-electron chi connectivity index (χ2n) is 7.22. The summed E-state index contributed by atoms with van der Waals surface area (Å²) in [6, 6.07) is 14.2. The number of piperidine rings is 1. The van der Waals surface area contributed by atoms with Crippen molar-refractivity contribution in [3.63, 3.8) is 0 Å². The van der Waals surface area contributed by atoms with E-state index in [-0.39, 0.29) is 24.3 Å². The third-order valence-corrected chi connectivity index (χ3v) is 5.58. The van der Waals surface area contributed by atoms with Crippen molar-refractivity contribution >= 4 is 17.8 Å². The number of hydrogen-bond acceptors (Lipinski definition) is 5. The maximum absolute atomic E-state index is 12.5. The highest BCUT2D eigenvalue weighted by molar-refractivity contribution is 5.97. The van der Waals surface area contributed by atoms with Crippen LogP contribution in [0.1, 0.15) is 39.1 Å². The molecular weight excluding hydrogens is 372 g/mol. The summed E-state index contributed by atoms with van der Waals surface area (Å²) in [7, 11) is 1.53. The molecule has 2 heterocycles. The van der Waals surface area contributed by atoms with Gasteiger partial charge in [0.2, 0.25) is 5.91 Å². The van der Waals surface area contributed by atoms with Gasteiger partial charge in [-0.05, 0) is 24.3 Å². The molecule has 1 fully saturated rings. The summed E-state index contributed by atoms with van der Waals surface area (Å²) in [5.74, 6) is -0.208. The van der Waals surface area contributed by atoms with Crippen LogP contribution in [-0.4, -0.2) is 49.4 Å². The van der Waals surface area contributed by atoms with Gasteiger partial charge in [-0.15, -0.1) is 0 Å². The molecule has 2 aliphatic heterocycles. The van der Waals surface area contributed by atoms with Crippen molar-refractivity contribution in [3.05, 3.63) is 65.2 Å². The standard InChI is InChI=1S/C22H22N2O5/c1-28-16-6-4-5-15(13-16)20(26)23-14-19(25)24-11-9-22(10-12-24)18-8-3-2-7-17(18)21(27)29-22/h2-8,13H,9-12,14H2,1H3,(H,23,26). The highest BCUT2D eigenvalue weighted by atomic mass is 16.6. The Kier molecular flexibility index (Phi) is 4.96. The molecule has 2 aromatic carbocycles. The lowest BCUT2D eigenvalue weighted by molar-refractivity contribution is -0.134. The fraction of sp³-hybridized carbons (Fsp3) is 0.318. The lowest BCUT2D eigenvalue weighted by Gasteiger charge is -2.38. The summed E-state index contributed by atoms with van der Waals surface area (Å²) in [5, 5.41) is 2.66. The largest absolute Gasteiger partial charge is 0.497 e.